The van der Waals surface area contributed by atoms with Crippen molar-refractivity contribution >= 4 is 23.2 Å². The summed E-state index contributed by atoms with van der Waals surface area (Å²) >= 11 is 12.3. The van der Waals surface area contributed by atoms with Gasteiger partial charge in [0.15, 0.2) is 0 Å². The predicted molar refractivity (Wildman–Crippen MR) is 86.2 cm³/mol. The fourth-order valence-corrected chi connectivity index (χ4v) is 2.72. The Hall–Kier alpha value is -0.240. The van der Waals surface area contributed by atoms with Gasteiger partial charge in [0.2, 0.25) is 0 Å². The summed E-state index contributed by atoms with van der Waals surface area (Å²) < 4.78 is 0. The van der Waals surface area contributed by atoms with Crippen LogP contribution in [0.15, 0.2) is 18.2 Å². The fourth-order valence-electron chi connectivity index (χ4n) is 2.25. The highest BCUT2D eigenvalue weighted by atomic mass is 35.5. The minimum absolute atomic E-state index is 0.238. The van der Waals surface area contributed by atoms with E-state index in [0.717, 1.165) is 18.0 Å². The summed E-state index contributed by atoms with van der Waals surface area (Å²) in [6, 6.07) is 6.06. The third kappa shape index (κ3) is 5.33. The van der Waals surface area contributed by atoms with Gasteiger partial charge in [-0.2, -0.15) is 0 Å². The van der Waals surface area contributed by atoms with Crippen LogP contribution < -0.4 is 5.32 Å². The van der Waals surface area contributed by atoms with Crippen LogP contribution in [-0.2, 0) is 0 Å². The van der Waals surface area contributed by atoms with Gasteiger partial charge in [0.1, 0.15) is 0 Å². The molecule has 108 valence electrons. The smallest absolute Gasteiger partial charge is 0.0639 e. The Balaban J connectivity index is 2.54. The van der Waals surface area contributed by atoms with Gasteiger partial charge in [-0.05, 0) is 37.4 Å². The van der Waals surface area contributed by atoms with E-state index in [4.69, 9.17) is 23.2 Å². The van der Waals surface area contributed by atoms with E-state index in [1.807, 2.05) is 18.2 Å². The molecular formula is C16H25Cl2N. The number of unbranched alkanes of at least 4 members (excludes halogenated alkanes) is 1. The van der Waals surface area contributed by atoms with Crippen molar-refractivity contribution in [2.45, 2.75) is 52.5 Å². The standard InChI is InChI=1S/C16H25Cl2N/c1-4-6-8-13(5-2)11-19-12(3)14-9-7-10-15(17)16(14)18/h7,9-10,12-13,19H,4-6,8,11H2,1-3H3. The van der Waals surface area contributed by atoms with Crippen molar-refractivity contribution in [2.24, 2.45) is 5.92 Å². The molecule has 0 bridgehead atoms. The first-order valence-electron chi connectivity index (χ1n) is 7.27. The van der Waals surface area contributed by atoms with Crippen molar-refractivity contribution in [1.29, 1.82) is 0 Å². The van der Waals surface area contributed by atoms with Crippen LogP contribution in [0.4, 0.5) is 0 Å². The molecule has 0 fully saturated rings. The van der Waals surface area contributed by atoms with Crippen LogP contribution in [-0.4, -0.2) is 6.54 Å². The average molecular weight is 302 g/mol. The quantitative estimate of drug-likeness (QED) is 0.634. The maximum absolute atomic E-state index is 6.25. The molecular weight excluding hydrogens is 277 g/mol. The van der Waals surface area contributed by atoms with Crippen molar-refractivity contribution in [3.63, 3.8) is 0 Å². The molecule has 2 atom stereocenters. The van der Waals surface area contributed by atoms with E-state index in [2.05, 4.69) is 26.1 Å². The summed E-state index contributed by atoms with van der Waals surface area (Å²) in [7, 11) is 0. The lowest BCUT2D eigenvalue weighted by Gasteiger charge is -2.21. The SMILES string of the molecule is CCCCC(CC)CNC(C)c1cccc(Cl)c1Cl. The molecule has 1 aromatic carbocycles. The maximum Gasteiger partial charge on any atom is 0.0639 e. The summed E-state index contributed by atoms with van der Waals surface area (Å²) in [5, 5.41) is 4.89. The summed E-state index contributed by atoms with van der Waals surface area (Å²) in [6.45, 7) is 7.69. The molecule has 0 aliphatic carbocycles. The Labute approximate surface area is 127 Å². The van der Waals surface area contributed by atoms with Crippen LogP contribution in [0.25, 0.3) is 0 Å². The van der Waals surface area contributed by atoms with Gasteiger partial charge < -0.3 is 5.32 Å². The van der Waals surface area contributed by atoms with E-state index >= 15 is 0 Å². The van der Waals surface area contributed by atoms with Gasteiger partial charge in [-0.15, -0.1) is 0 Å². The molecule has 0 saturated heterocycles. The van der Waals surface area contributed by atoms with Crippen molar-refractivity contribution < 1.29 is 0 Å². The highest BCUT2D eigenvalue weighted by molar-refractivity contribution is 6.42. The Morgan fingerprint density at radius 2 is 1.95 bits per heavy atom. The van der Waals surface area contributed by atoms with E-state index in [9.17, 15) is 0 Å². The van der Waals surface area contributed by atoms with Crippen molar-refractivity contribution in [3.05, 3.63) is 33.8 Å². The molecule has 0 aliphatic heterocycles. The van der Waals surface area contributed by atoms with Gasteiger partial charge in [0.05, 0.1) is 10.0 Å². The molecule has 0 radical (unpaired) electrons. The largest absolute Gasteiger partial charge is 0.310 e. The monoisotopic (exact) mass is 301 g/mol. The maximum atomic E-state index is 6.25. The molecule has 1 aromatic rings. The molecule has 0 amide bonds. The van der Waals surface area contributed by atoms with Crippen molar-refractivity contribution in [2.75, 3.05) is 6.54 Å². The Morgan fingerprint density at radius 3 is 2.58 bits per heavy atom. The number of rotatable bonds is 8. The number of hydrogen-bond acceptors (Lipinski definition) is 1. The Morgan fingerprint density at radius 1 is 1.21 bits per heavy atom. The second-order valence-corrected chi connectivity index (χ2v) is 5.97. The van der Waals surface area contributed by atoms with Crippen molar-refractivity contribution in [3.8, 4) is 0 Å². The number of benzene rings is 1. The Kier molecular flexibility index (Phi) is 7.82. The number of halogens is 2. The van der Waals surface area contributed by atoms with Gasteiger partial charge in [-0.25, -0.2) is 0 Å². The summed E-state index contributed by atoms with van der Waals surface area (Å²) in [4.78, 5) is 0. The number of nitrogens with one attached hydrogen (secondary N) is 1. The lowest BCUT2D eigenvalue weighted by molar-refractivity contribution is 0.398. The molecule has 0 aromatic heterocycles. The van der Waals surface area contributed by atoms with E-state index in [-0.39, 0.29) is 6.04 Å². The minimum atomic E-state index is 0.238. The summed E-state index contributed by atoms with van der Waals surface area (Å²) in [6.07, 6.45) is 5.11. The predicted octanol–water partition coefficient (Wildman–Crippen LogP) is 5.86. The molecule has 19 heavy (non-hydrogen) atoms. The zero-order valence-electron chi connectivity index (χ0n) is 12.2. The first-order chi connectivity index (χ1) is 9.10. The van der Waals surface area contributed by atoms with Crippen LogP contribution >= 0.6 is 23.2 Å². The van der Waals surface area contributed by atoms with Crippen molar-refractivity contribution in [1.82, 2.24) is 5.32 Å². The fraction of sp³-hybridized carbons (Fsp3) is 0.625. The van der Waals surface area contributed by atoms with Crippen LogP contribution in [0, 0.1) is 5.92 Å². The second kappa shape index (κ2) is 8.84. The first-order valence-corrected chi connectivity index (χ1v) is 8.03. The average Bonchev–Trinajstić information content (AvgIpc) is 2.42. The third-order valence-electron chi connectivity index (χ3n) is 3.70. The zero-order valence-corrected chi connectivity index (χ0v) is 13.7. The second-order valence-electron chi connectivity index (χ2n) is 5.19. The molecule has 0 aliphatic rings. The van der Waals surface area contributed by atoms with Gasteiger partial charge in [-0.3, -0.25) is 0 Å². The lowest BCUT2D eigenvalue weighted by atomic mass is 9.98. The third-order valence-corrected chi connectivity index (χ3v) is 4.54. The molecule has 0 heterocycles. The highest BCUT2D eigenvalue weighted by Gasteiger charge is 2.13. The normalized spacial score (nSPS) is 14.4. The zero-order chi connectivity index (χ0) is 14.3. The Bertz CT molecular complexity index is 379. The molecule has 1 rings (SSSR count). The molecule has 2 unspecified atom stereocenters. The lowest BCUT2D eigenvalue weighted by Crippen LogP contribution is -2.25. The van der Waals surface area contributed by atoms with Crippen LogP contribution in [0.1, 0.15) is 58.1 Å². The minimum Gasteiger partial charge on any atom is -0.310 e. The summed E-state index contributed by atoms with van der Waals surface area (Å²) in [5.41, 5.74) is 1.08. The van der Waals surface area contributed by atoms with Gasteiger partial charge in [-0.1, -0.05) is 68.4 Å². The first kappa shape index (κ1) is 16.8. The van der Waals surface area contributed by atoms with E-state index in [1.54, 1.807) is 0 Å². The van der Waals surface area contributed by atoms with Crippen LogP contribution in [0.2, 0.25) is 10.0 Å². The van der Waals surface area contributed by atoms with E-state index < -0.39 is 0 Å². The molecule has 1 N–H and O–H groups in total. The molecule has 3 heteroatoms. The van der Waals surface area contributed by atoms with Crippen LogP contribution in [0.3, 0.4) is 0 Å². The highest BCUT2D eigenvalue weighted by Crippen LogP contribution is 2.29. The number of hydrogen-bond donors (Lipinski definition) is 1. The molecule has 0 spiro atoms. The molecule has 1 nitrogen and oxygen atoms in total. The van der Waals surface area contributed by atoms with Gasteiger partial charge in [0, 0.05) is 6.04 Å². The van der Waals surface area contributed by atoms with Crippen LogP contribution in [0.5, 0.6) is 0 Å². The van der Waals surface area contributed by atoms with Gasteiger partial charge >= 0.3 is 0 Å². The van der Waals surface area contributed by atoms with E-state index in [1.165, 1.54) is 25.7 Å². The summed E-state index contributed by atoms with van der Waals surface area (Å²) in [5.74, 6) is 0.750. The van der Waals surface area contributed by atoms with Gasteiger partial charge in [0.25, 0.3) is 0 Å². The topological polar surface area (TPSA) is 12.0 Å². The van der Waals surface area contributed by atoms with E-state index in [0.29, 0.717) is 10.0 Å². The molecule has 0 saturated carbocycles.